The van der Waals surface area contributed by atoms with Gasteiger partial charge in [-0.25, -0.2) is 15.2 Å². The number of nitrogens with one attached hydrogen (secondary N) is 2. The molecule has 1 saturated heterocycles. The van der Waals surface area contributed by atoms with Gasteiger partial charge in [-0.05, 0) is 36.6 Å². The van der Waals surface area contributed by atoms with Gasteiger partial charge in [0.15, 0.2) is 23.7 Å². The quantitative estimate of drug-likeness (QED) is 0.481. The zero-order valence-electron chi connectivity index (χ0n) is 16.9. The molecule has 10 heteroatoms. The Hall–Kier alpha value is -3.30. The zero-order chi connectivity index (χ0) is 21.1. The van der Waals surface area contributed by atoms with Gasteiger partial charge < -0.3 is 19.6 Å². The number of hydrogen-bond donors (Lipinski definition) is 3. The van der Waals surface area contributed by atoms with E-state index in [1.165, 1.54) is 11.0 Å². The molecule has 3 N–H and O–H groups in total. The number of hydrazone groups is 1. The van der Waals surface area contributed by atoms with Crippen LogP contribution in [0.5, 0.6) is 11.5 Å². The van der Waals surface area contributed by atoms with E-state index in [9.17, 15) is 14.7 Å². The summed E-state index contributed by atoms with van der Waals surface area (Å²) in [6, 6.07) is 3.83. The normalized spacial score (nSPS) is 21.5. The predicted octanol–water partition coefficient (Wildman–Crippen LogP) is 0.918. The topological polar surface area (TPSA) is 119 Å². The lowest BCUT2D eigenvalue weighted by Gasteiger charge is -2.36. The summed E-state index contributed by atoms with van der Waals surface area (Å²) in [6.07, 6.45) is 0.959. The summed E-state index contributed by atoms with van der Waals surface area (Å²) in [5.41, 5.74) is 3.61. The zero-order valence-corrected chi connectivity index (χ0v) is 16.9. The maximum absolute atomic E-state index is 12.4. The molecule has 2 aliphatic heterocycles. The van der Waals surface area contributed by atoms with E-state index in [1.54, 1.807) is 25.4 Å². The van der Waals surface area contributed by atoms with E-state index in [2.05, 4.69) is 20.8 Å². The maximum atomic E-state index is 12.4. The lowest BCUT2D eigenvalue weighted by molar-refractivity contribution is -0.127. The Balaban J connectivity index is 1.79. The van der Waals surface area contributed by atoms with Crippen LogP contribution < -0.4 is 15.5 Å². The first-order valence-corrected chi connectivity index (χ1v) is 9.48. The summed E-state index contributed by atoms with van der Waals surface area (Å²) < 4.78 is 5.37. The van der Waals surface area contributed by atoms with Crippen LogP contribution in [0.2, 0.25) is 0 Å². The number of amides is 3. The molecule has 0 aromatic heterocycles. The first kappa shape index (κ1) is 20.4. The van der Waals surface area contributed by atoms with Crippen molar-refractivity contribution in [1.29, 1.82) is 0 Å². The Morgan fingerprint density at radius 2 is 2.17 bits per heavy atom. The fraction of sp³-hybridized carbons (Fsp3) is 0.474. The molecule has 2 atom stereocenters. The molecular formula is C19H26N6O4. The maximum Gasteiger partial charge on any atom is 0.325 e. The molecule has 0 saturated carbocycles. The highest BCUT2D eigenvalue weighted by atomic mass is 16.5. The van der Waals surface area contributed by atoms with Crippen LogP contribution in [0.25, 0.3) is 0 Å². The molecule has 10 nitrogen and oxygen atoms in total. The van der Waals surface area contributed by atoms with Crippen molar-refractivity contribution in [1.82, 2.24) is 20.5 Å². The molecule has 2 aliphatic rings. The minimum atomic E-state index is -0.606. The highest BCUT2D eigenvalue weighted by Gasteiger charge is 2.48. The van der Waals surface area contributed by atoms with Gasteiger partial charge in [-0.2, -0.15) is 5.10 Å². The number of nitrogens with zero attached hydrogens (tertiary/aromatic N) is 4. The highest BCUT2D eigenvalue weighted by Crippen LogP contribution is 2.26. The van der Waals surface area contributed by atoms with Crippen molar-refractivity contribution in [2.45, 2.75) is 33.0 Å². The van der Waals surface area contributed by atoms with Gasteiger partial charge in [0.25, 0.3) is 5.91 Å². The van der Waals surface area contributed by atoms with Gasteiger partial charge in [0, 0.05) is 13.6 Å². The summed E-state index contributed by atoms with van der Waals surface area (Å²) in [7, 11) is 1.61. The molecule has 0 spiro atoms. The standard InChI is InChI=1S/C19H26N6O4/c1-5-29-14-8-12(6-7-13(14)26)9-20-23-18-21-16-15(25(18)10-11(2)3)17(27)22-19(28)24(16)4/h6-9,11,15-16,26H,5,10H2,1-4H3,(H,21,23)(H,22,27,28)/b20-9+. The van der Waals surface area contributed by atoms with Crippen molar-refractivity contribution in [2.24, 2.45) is 16.0 Å². The monoisotopic (exact) mass is 402 g/mol. The molecular weight excluding hydrogens is 376 g/mol. The minimum absolute atomic E-state index is 0.0584. The summed E-state index contributed by atoms with van der Waals surface area (Å²) >= 11 is 0. The molecule has 1 aromatic carbocycles. The lowest BCUT2D eigenvalue weighted by atomic mass is 10.1. The number of ether oxygens (including phenoxy) is 1. The van der Waals surface area contributed by atoms with Crippen molar-refractivity contribution < 1.29 is 19.4 Å². The Kier molecular flexibility index (Phi) is 5.90. The summed E-state index contributed by atoms with van der Waals surface area (Å²) in [5, 5.41) is 16.4. The van der Waals surface area contributed by atoms with Gasteiger partial charge in [-0.15, -0.1) is 0 Å². The second-order valence-electron chi connectivity index (χ2n) is 7.29. The van der Waals surface area contributed by atoms with E-state index < -0.39 is 18.2 Å². The number of aliphatic imine (C=N–C) groups is 1. The molecule has 156 valence electrons. The molecule has 0 aliphatic carbocycles. The number of benzene rings is 1. The van der Waals surface area contributed by atoms with E-state index in [0.717, 1.165) is 5.56 Å². The number of carbonyl (C=O) groups is 2. The lowest BCUT2D eigenvalue weighted by Crippen LogP contribution is -2.64. The SMILES string of the molecule is CCOc1cc(/C=N/NC2=NC3C(C(=O)NC(=O)N3C)N2CC(C)C)ccc1O. The molecule has 2 heterocycles. The number of aromatic hydroxyl groups is 1. The van der Waals surface area contributed by atoms with Gasteiger partial charge in [0.2, 0.25) is 5.96 Å². The number of phenolic OH excluding ortho intramolecular Hbond substituents is 1. The molecule has 2 unspecified atom stereocenters. The summed E-state index contributed by atoms with van der Waals surface area (Å²) in [6.45, 7) is 6.92. The number of likely N-dealkylation sites (N-methyl/N-ethyl adjacent to an activating group) is 1. The van der Waals surface area contributed by atoms with Crippen LogP contribution in [0.15, 0.2) is 28.3 Å². The number of guanidine groups is 1. The van der Waals surface area contributed by atoms with Crippen molar-refractivity contribution in [3.05, 3.63) is 23.8 Å². The van der Waals surface area contributed by atoms with E-state index in [0.29, 0.717) is 24.9 Å². The van der Waals surface area contributed by atoms with Gasteiger partial charge in [-0.1, -0.05) is 13.8 Å². The second-order valence-corrected chi connectivity index (χ2v) is 7.29. The Morgan fingerprint density at radius 3 is 2.86 bits per heavy atom. The van der Waals surface area contributed by atoms with Crippen molar-refractivity contribution in [3.63, 3.8) is 0 Å². The highest BCUT2D eigenvalue weighted by molar-refractivity contribution is 6.03. The second kappa shape index (κ2) is 8.38. The van der Waals surface area contributed by atoms with E-state index in [1.807, 2.05) is 25.7 Å². The van der Waals surface area contributed by atoms with Crippen LogP contribution in [0.4, 0.5) is 4.79 Å². The largest absolute Gasteiger partial charge is 0.504 e. The average Bonchev–Trinajstić information content (AvgIpc) is 3.01. The van der Waals surface area contributed by atoms with Gasteiger partial charge >= 0.3 is 6.03 Å². The van der Waals surface area contributed by atoms with E-state index in [-0.39, 0.29) is 17.6 Å². The predicted molar refractivity (Wildman–Crippen MR) is 108 cm³/mol. The minimum Gasteiger partial charge on any atom is -0.504 e. The van der Waals surface area contributed by atoms with Crippen LogP contribution in [-0.4, -0.2) is 71.4 Å². The fourth-order valence-corrected chi connectivity index (χ4v) is 3.26. The number of imide groups is 1. The number of carbonyl (C=O) groups excluding carboxylic acids is 2. The van der Waals surface area contributed by atoms with Crippen LogP contribution >= 0.6 is 0 Å². The van der Waals surface area contributed by atoms with Crippen LogP contribution in [0.1, 0.15) is 26.3 Å². The smallest absolute Gasteiger partial charge is 0.325 e. The average molecular weight is 402 g/mol. The first-order chi connectivity index (χ1) is 13.8. The molecule has 29 heavy (non-hydrogen) atoms. The fourth-order valence-electron chi connectivity index (χ4n) is 3.26. The number of urea groups is 1. The molecule has 1 fully saturated rings. The Bertz CT molecular complexity index is 853. The third kappa shape index (κ3) is 4.25. The molecule has 1 aromatic rings. The Morgan fingerprint density at radius 1 is 1.41 bits per heavy atom. The molecule has 0 bridgehead atoms. The van der Waals surface area contributed by atoms with Crippen LogP contribution in [-0.2, 0) is 4.79 Å². The first-order valence-electron chi connectivity index (χ1n) is 9.48. The number of phenols is 1. The molecule has 3 rings (SSSR count). The summed E-state index contributed by atoms with van der Waals surface area (Å²) in [4.78, 5) is 32.1. The number of rotatable bonds is 6. The Labute approximate surface area is 169 Å². The van der Waals surface area contributed by atoms with Gasteiger partial charge in [-0.3, -0.25) is 10.1 Å². The summed E-state index contributed by atoms with van der Waals surface area (Å²) in [5.74, 6) is 0.752. The van der Waals surface area contributed by atoms with Gasteiger partial charge in [0.1, 0.15) is 0 Å². The third-order valence-corrected chi connectivity index (χ3v) is 4.58. The molecule has 0 radical (unpaired) electrons. The van der Waals surface area contributed by atoms with E-state index in [4.69, 9.17) is 4.74 Å². The number of hydrogen-bond acceptors (Lipinski definition) is 8. The van der Waals surface area contributed by atoms with Crippen molar-refractivity contribution in [3.8, 4) is 11.5 Å². The van der Waals surface area contributed by atoms with Crippen molar-refractivity contribution in [2.75, 3.05) is 20.2 Å². The van der Waals surface area contributed by atoms with Gasteiger partial charge in [0.05, 0.1) is 12.8 Å². The third-order valence-electron chi connectivity index (χ3n) is 4.58. The van der Waals surface area contributed by atoms with E-state index >= 15 is 0 Å². The van der Waals surface area contributed by atoms with Crippen LogP contribution in [0.3, 0.4) is 0 Å². The molecule has 3 amide bonds. The van der Waals surface area contributed by atoms with Crippen LogP contribution in [0, 0.1) is 5.92 Å². The number of fused-ring (bicyclic) bond motifs is 1. The van der Waals surface area contributed by atoms with Crippen molar-refractivity contribution >= 4 is 24.1 Å².